The largest absolute Gasteiger partial charge is 0.299 e. The SMILES string of the molecule is C=C(C(C)=O)C1C(=O)CCC1=O. The molecule has 0 amide bonds. The van der Waals surface area contributed by atoms with Gasteiger partial charge >= 0.3 is 0 Å². The molecule has 0 heterocycles. The highest BCUT2D eigenvalue weighted by Crippen LogP contribution is 2.24. The second-order valence-electron chi connectivity index (χ2n) is 2.95. The molecule has 1 aliphatic rings. The Bertz CT molecular complexity index is 259. The first-order valence-electron chi connectivity index (χ1n) is 3.79. The highest BCUT2D eigenvalue weighted by Gasteiger charge is 2.36. The Morgan fingerprint density at radius 2 is 1.75 bits per heavy atom. The van der Waals surface area contributed by atoms with Crippen LogP contribution in [0.2, 0.25) is 0 Å². The molecule has 3 nitrogen and oxygen atoms in total. The summed E-state index contributed by atoms with van der Waals surface area (Å²) in [5, 5.41) is 0. The molecule has 0 aliphatic heterocycles. The topological polar surface area (TPSA) is 51.2 Å². The number of rotatable bonds is 2. The van der Waals surface area contributed by atoms with Gasteiger partial charge in [-0.25, -0.2) is 0 Å². The lowest BCUT2D eigenvalue weighted by Crippen LogP contribution is -2.20. The standard InChI is InChI=1S/C9H10O3/c1-5(6(2)10)9-7(11)3-4-8(9)12/h9H,1,3-4H2,2H3. The van der Waals surface area contributed by atoms with Crippen molar-refractivity contribution in [1.29, 1.82) is 0 Å². The number of hydrogen-bond acceptors (Lipinski definition) is 3. The van der Waals surface area contributed by atoms with Crippen molar-refractivity contribution in [1.82, 2.24) is 0 Å². The van der Waals surface area contributed by atoms with Crippen LogP contribution in [0.1, 0.15) is 19.8 Å². The zero-order valence-electron chi connectivity index (χ0n) is 6.92. The van der Waals surface area contributed by atoms with E-state index in [4.69, 9.17) is 0 Å². The van der Waals surface area contributed by atoms with E-state index in [2.05, 4.69) is 6.58 Å². The monoisotopic (exact) mass is 166 g/mol. The van der Waals surface area contributed by atoms with Crippen LogP contribution in [0.4, 0.5) is 0 Å². The van der Waals surface area contributed by atoms with Crippen LogP contribution >= 0.6 is 0 Å². The highest BCUT2D eigenvalue weighted by molar-refractivity contribution is 6.16. The third-order valence-corrected chi connectivity index (χ3v) is 2.06. The fourth-order valence-electron chi connectivity index (χ4n) is 1.31. The molecule has 0 saturated heterocycles. The van der Waals surface area contributed by atoms with Crippen LogP contribution in [0.15, 0.2) is 12.2 Å². The lowest BCUT2D eigenvalue weighted by atomic mass is 9.94. The minimum Gasteiger partial charge on any atom is -0.299 e. The van der Waals surface area contributed by atoms with Gasteiger partial charge in [-0.1, -0.05) is 6.58 Å². The summed E-state index contributed by atoms with van der Waals surface area (Å²) in [6, 6.07) is 0. The van der Waals surface area contributed by atoms with Crippen molar-refractivity contribution in [3.05, 3.63) is 12.2 Å². The maximum Gasteiger partial charge on any atom is 0.156 e. The van der Waals surface area contributed by atoms with Gasteiger partial charge in [0.1, 0.15) is 17.5 Å². The van der Waals surface area contributed by atoms with Crippen LogP contribution in [0.25, 0.3) is 0 Å². The molecule has 64 valence electrons. The summed E-state index contributed by atoms with van der Waals surface area (Å²) in [5.41, 5.74) is 0.141. The quantitative estimate of drug-likeness (QED) is 0.447. The number of ketones is 3. The number of allylic oxidation sites excluding steroid dienone is 1. The average Bonchev–Trinajstić information content (AvgIpc) is 2.30. The molecular formula is C9H10O3. The molecule has 3 heteroatoms. The number of carbonyl (C=O) groups excluding carboxylic acids is 3. The minimum absolute atomic E-state index is 0.141. The number of Topliss-reactive ketones (excluding diaryl/α,β-unsaturated/α-hetero) is 3. The lowest BCUT2D eigenvalue weighted by Gasteiger charge is -2.05. The summed E-state index contributed by atoms with van der Waals surface area (Å²) in [5.74, 6) is -1.44. The molecule has 0 aromatic heterocycles. The molecule has 0 radical (unpaired) electrons. The van der Waals surface area contributed by atoms with Gasteiger partial charge in [0.15, 0.2) is 5.78 Å². The Labute approximate surface area is 70.4 Å². The Balaban J connectivity index is 2.87. The first-order valence-corrected chi connectivity index (χ1v) is 3.79. The molecule has 1 saturated carbocycles. The van der Waals surface area contributed by atoms with Crippen LogP contribution < -0.4 is 0 Å². The summed E-state index contributed by atoms with van der Waals surface area (Å²) in [7, 11) is 0. The lowest BCUT2D eigenvalue weighted by molar-refractivity contribution is -0.127. The maximum absolute atomic E-state index is 11.1. The molecule has 0 atom stereocenters. The van der Waals surface area contributed by atoms with Crippen molar-refractivity contribution >= 4 is 17.3 Å². The summed E-state index contributed by atoms with van der Waals surface area (Å²) < 4.78 is 0. The molecule has 0 aromatic carbocycles. The third-order valence-electron chi connectivity index (χ3n) is 2.06. The van der Waals surface area contributed by atoms with Crippen molar-refractivity contribution < 1.29 is 14.4 Å². The zero-order chi connectivity index (χ0) is 9.30. The summed E-state index contributed by atoms with van der Waals surface area (Å²) in [6.45, 7) is 4.77. The van der Waals surface area contributed by atoms with Gasteiger partial charge in [0.05, 0.1) is 0 Å². The van der Waals surface area contributed by atoms with Gasteiger partial charge in [0.25, 0.3) is 0 Å². The summed E-state index contributed by atoms with van der Waals surface area (Å²) in [4.78, 5) is 33.0. The van der Waals surface area contributed by atoms with Gasteiger partial charge in [-0.2, -0.15) is 0 Å². The Hall–Kier alpha value is -1.25. The molecule has 0 N–H and O–H groups in total. The molecule has 12 heavy (non-hydrogen) atoms. The molecule has 1 aliphatic carbocycles. The first kappa shape index (κ1) is 8.84. The molecule has 1 rings (SSSR count). The van der Waals surface area contributed by atoms with Crippen LogP contribution in [-0.2, 0) is 14.4 Å². The zero-order valence-corrected chi connectivity index (χ0v) is 6.92. The molecule has 0 bridgehead atoms. The van der Waals surface area contributed by atoms with E-state index in [1.807, 2.05) is 0 Å². The van der Waals surface area contributed by atoms with Crippen molar-refractivity contribution in [2.45, 2.75) is 19.8 Å². The second-order valence-corrected chi connectivity index (χ2v) is 2.95. The predicted molar refractivity (Wildman–Crippen MR) is 42.6 cm³/mol. The maximum atomic E-state index is 11.1. The van der Waals surface area contributed by atoms with Crippen LogP contribution in [0.5, 0.6) is 0 Å². The van der Waals surface area contributed by atoms with Crippen molar-refractivity contribution in [3.8, 4) is 0 Å². The van der Waals surface area contributed by atoms with Gasteiger partial charge in [-0.05, 0) is 6.92 Å². The Morgan fingerprint density at radius 1 is 1.33 bits per heavy atom. The van der Waals surface area contributed by atoms with E-state index in [1.165, 1.54) is 6.92 Å². The molecule has 0 unspecified atom stereocenters. The van der Waals surface area contributed by atoms with E-state index in [-0.39, 0.29) is 35.8 Å². The van der Waals surface area contributed by atoms with E-state index in [1.54, 1.807) is 0 Å². The van der Waals surface area contributed by atoms with E-state index in [9.17, 15) is 14.4 Å². The van der Waals surface area contributed by atoms with Gasteiger partial charge in [0, 0.05) is 18.4 Å². The minimum atomic E-state index is -0.831. The molecule has 0 spiro atoms. The van der Waals surface area contributed by atoms with Crippen LogP contribution in [-0.4, -0.2) is 17.3 Å². The molecule has 0 aromatic rings. The summed E-state index contributed by atoms with van der Waals surface area (Å²) in [6.07, 6.45) is 0.519. The van der Waals surface area contributed by atoms with E-state index < -0.39 is 5.92 Å². The second kappa shape index (κ2) is 3.01. The van der Waals surface area contributed by atoms with Gasteiger partial charge in [0.2, 0.25) is 0 Å². The van der Waals surface area contributed by atoms with Gasteiger partial charge in [-0.15, -0.1) is 0 Å². The number of carbonyl (C=O) groups is 3. The van der Waals surface area contributed by atoms with E-state index in [0.29, 0.717) is 0 Å². The van der Waals surface area contributed by atoms with E-state index >= 15 is 0 Å². The van der Waals surface area contributed by atoms with Crippen molar-refractivity contribution in [2.75, 3.05) is 0 Å². The summed E-state index contributed by atoms with van der Waals surface area (Å²) >= 11 is 0. The smallest absolute Gasteiger partial charge is 0.156 e. The van der Waals surface area contributed by atoms with Crippen molar-refractivity contribution in [3.63, 3.8) is 0 Å². The van der Waals surface area contributed by atoms with Crippen molar-refractivity contribution in [2.24, 2.45) is 5.92 Å². The third kappa shape index (κ3) is 1.35. The van der Waals surface area contributed by atoms with E-state index in [0.717, 1.165) is 0 Å². The van der Waals surface area contributed by atoms with Crippen LogP contribution in [0.3, 0.4) is 0 Å². The predicted octanol–water partition coefficient (Wildman–Crippen LogP) is 0.680. The Morgan fingerprint density at radius 3 is 2.08 bits per heavy atom. The Kier molecular flexibility index (Phi) is 2.22. The normalized spacial score (nSPS) is 18.4. The average molecular weight is 166 g/mol. The number of hydrogen-bond donors (Lipinski definition) is 0. The molecular weight excluding hydrogens is 156 g/mol. The highest BCUT2D eigenvalue weighted by atomic mass is 16.2. The fraction of sp³-hybridized carbons (Fsp3) is 0.444. The fourth-order valence-corrected chi connectivity index (χ4v) is 1.31. The van der Waals surface area contributed by atoms with Crippen LogP contribution in [0, 0.1) is 5.92 Å². The van der Waals surface area contributed by atoms with Gasteiger partial charge in [-0.3, -0.25) is 14.4 Å². The molecule has 1 fully saturated rings. The first-order chi connectivity index (χ1) is 5.54. The van der Waals surface area contributed by atoms with Gasteiger partial charge < -0.3 is 0 Å².